The van der Waals surface area contributed by atoms with E-state index in [1.807, 2.05) is 0 Å². The lowest BCUT2D eigenvalue weighted by atomic mass is 9.36. The fourth-order valence-corrected chi connectivity index (χ4v) is 9.84. The van der Waals surface area contributed by atoms with Gasteiger partial charge in [0.15, 0.2) is 11.6 Å². The molecule has 6 fully saturated rings. The summed E-state index contributed by atoms with van der Waals surface area (Å²) in [5, 5.41) is 26.4. The molecule has 4 aliphatic carbocycles. The second kappa shape index (κ2) is 5.47. The summed E-state index contributed by atoms with van der Waals surface area (Å²) in [6, 6.07) is 0. The Bertz CT molecular complexity index is 900. The summed E-state index contributed by atoms with van der Waals surface area (Å²) in [5.41, 5.74) is -0.748. The molecule has 172 valence electrons. The average molecular weight is 432 g/mol. The molecule has 0 aromatic carbocycles. The van der Waals surface area contributed by atoms with Gasteiger partial charge < -0.3 is 25.0 Å². The summed E-state index contributed by atoms with van der Waals surface area (Å²) in [4.78, 5) is 14.4. The molecule has 3 N–H and O–H groups in total. The molecule has 3 saturated carbocycles. The van der Waals surface area contributed by atoms with Gasteiger partial charge in [0.1, 0.15) is 6.10 Å². The van der Waals surface area contributed by atoms with Crippen molar-refractivity contribution in [2.24, 2.45) is 39.9 Å². The van der Waals surface area contributed by atoms with Gasteiger partial charge in [-0.1, -0.05) is 32.4 Å². The van der Waals surface area contributed by atoms with Gasteiger partial charge in [-0.05, 0) is 63.2 Å². The zero-order chi connectivity index (χ0) is 22.4. The largest absolute Gasteiger partial charge is 0.387 e. The summed E-state index contributed by atoms with van der Waals surface area (Å²) >= 11 is 0. The summed E-state index contributed by atoms with van der Waals surface area (Å²) in [6.07, 6.45) is 4.17. The number of hydrogen-bond donors (Lipinski definition) is 3. The lowest BCUT2D eigenvalue weighted by Gasteiger charge is -2.74. The molecular formula is C25H37NO5. The maximum absolute atomic E-state index is 14.4. The van der Waals surface area contributed by atoms with E-state index in [1.54, 1.807) is 13.8 Å². The number of allylic oxidation sites excluding steroid dienone is 1. The number of carbonyl (C=O) groups is 1. The van der Waals surface area contributed by atoms with Gasteiger partial charge in [-0.25, -0.2) is 0 Å². The third-order valence-corrected chi connectivity index (χ3v) is 10.1. The van der Waals surface area contributed by atoms with Crippen LogP contribution in [0.4, 0.5) is 0 Å². The molecule has 0 amide bonds. The normalized spacial score (nSPS) is 56.3. The molecule has 6 nitrogen and oxygen atoms in total. The number of Topliss-reactive ketones (excluding diaryl/α,β-unsaturated/α-hetero) is 1. The van der Waals surface area contributed by atoms with Crippen LogP contribution in [-0.2, 0) is 14.3 Å². The van der Waals surface area contributed by atoms with Crippen molar-refractivity contribution in [1.29, 1.82) is 0 Å². The molecule has 0 radical (unpaired) electrons. The molecule has 6 heteroatoms. The van der Waals surface area contributed by atoms with Crippen LogP contribution in [0.3, 0.4) is 0 Å². The summed E-state index contributed by atoms with van der Waals surface area (Å²) in [6.45, 7) is 13.0. The summed E-state index contributed by atoms with van der Waals surface area (Å²) in [7, 11) is 0. The fraction of sp³-hybridized carbons (Fsp3) is 0.880. The summed E-state index contributed by atoms with van der Waals surface area (Å²) < 4.78 is 13.0. The second-order valence-electron chi connectivity index (χ2n) is 12.7. The molecule has 3 spiro atoms. The van der Waals surface area contributed by atoms with Gasteiger partial charge in [0.25, 0.3) is 0 Å². The molecule has 0 aromatic heterocycles. The maximum Gasteiger partial charge on any atom is 0.211 e. The van der Waals surface area contributed by atoms with Crippen LogP contribution in [0.1, 0.15) is 60.8 Å². The molecule has 31 heavy (non-hydrogen) atoms. The van der Waals surface area contributed by atoms with E-state index in [1.165, 1.54) is 5.57 Å². The Labute approximate surface area is 184 Å². The molecule has 3 saturated heterocycles. The Kier molecular flexibility index (Phi) is 3.67. The van der Waals surface area contributed by atoms with Crippen LogP contribution < -0.4 is 5.32 Å². The first-order valence-electron chi connectivity index (χ1n) is 12.0. The van der Waals surface area contributed by atoms with Crippen molar-refractivity contribution in [1.82, 2.24) is 5.32 Å². The van der Waals surface area contributed by atoms with Crippen molar-refractivity contribution >= 4 is 5.78 Å². The topological polar surface area (TPSA) is 97.9 Å². The van der Waals surface area contributed by atoms with Crippen molar-refractivity contribution in [2.45, 2.75) is 84.0 Å². The molecule has 9 atom stereocenters. The van der Waals surface area contributed by atoms with Gasteiger partial charge in [0.2, 0.25) is 5.79 Å². The minimum atomic E-state index is -1.54. The van der Waals surface area contributed by atoms with Crippen molar-refractivity contribution in [2.75, 3.05) is 13.2 Å². The molecule has 4 bridgehead atoms. The van der Waals surface area contributed by atoms with E-state index in [2.05, 4.69) is 39.1 Å². The maximum atomic E-state index is 14.4. The van der Waals surface area contributed by atoms with E-state index in [4.69, 9.17) is 9.47 Å². The number of ketones is 1. The van der Waals surface area contributed by atoms with E-state index in [-0.39, 0.29) is 34.9 Å². The third kappa shape index (κ3) is 2.03. The van der Waals surface area contributed by atoms with Crippen molar-refractivity contribution in [3.05, 3.63) is 11.6 Å². The summed E-state index contributed by atoms with van der Waals surface area (Å²) in [5.74, 6) is -2.79. The highest BCUT2D eigenvalue weighted by atomic mass is 16.8. The minimum absolute atomic E-state index is 0.00243. The van der Waals surface area contributed by atoms with E-state index in [0.29, 0.717) is 13.2 Å². The zero-order valence-corrected chi connectivity index (χ0v) is 19.6. The van der Waals surface area contributed by atoms with E-state index in [9.17, 15) is 15.0 Å². The number of aliphatic hydroxyl groups is 2. The molecular weight excluding hydrogens is 394 g/mol. The van der Waals surface area contributed by atoms with Crippen LogP contribution in [-0.4, -0.2) is 52.4 Å². The number of fused-ring (bicyclic) bond motifs is 3. The molecule has 0 aromatic rings. The van der Waals surface area contributed by atoms with Crippen LogP contribution in [0, 0.1) is 39.9 Å². The number of carbonyl (C=O) groups excluding carboxylic acids is 1. The smallest absolute Gasteiger partial charge is 0.211 e. The monoisotopic (exact) mass is 431 g/mol. The van der Waals surface area contributed by atoms with Crippen molar-refractivity contribution in [3.8, 4) is 0 Å². The number of rotatable bonds is 2. The van der Waals surface area contributed by atoms with Gasteiger partial charge in [0.05, 0.1) is 17.6 Å². The lowest BCUT2D eigenvalue weighted by molar-refractivity contribution is -0.477. The first kappa shape index (κ1) is 20.8. The number of hydrogen-bond acceptors (Lipinski definition) is 6. The number of aliphatic hydroxyl groups excluding tert-OH is 1. The predicted octanol–water partition coefficient (Wildman–Crippen LogP) is 2.38. The minimum Gasteiger partial charge on any atom is -0.387 e. The number of nitrogens with one attached hydrogen (secondary N) is 1. The van der Waals surface area contributed by atoms with E-state index in [0.717, 1.165) is 19.3 Å². The van der Waals surface area contributed by atoms with Crippen LogP contribution in [0.5, 0.6) is 0 Å². The van der Waals surface area contributed by atoms with Gasteiger partial charge >= 0.3 is 0 Å². The van der Waals surface area contributed by atoms with E-state index < -0.39 is 34.0 Å². The van der Waals surface area contributed by atoms with Gasteiger partial charge in [-0.15, -0.1) is 0 Å². The quantitative estimate of drug-likeness (QED) is 0.353. The van der Waals surface area contributed by atoms with Gasteiger partial charge in [-0.3, -0.25) is 4.79 Å². The first-order chi connectivity index (χ1) is 14.3. The standard InChI is InChI=1S/C25H37NO5/c1-13-9-20(3,4)17-18(27)25(31-21(5,6)29)24-14(2)15(23(11-26-23)19(24)28)7-8-16(24)22(17,10-13)12-30-25/h10,14-18,26-27,29H,7-9,11-12H2,1-6H3/t14-,15-,16?,17?,18+,22-,23?,24+,25+/m1/s1. The van der Waals surface area contributed by atoms with Crippen LogP contribution in [0.2, 0.25) is 0 Å². The second-order valence-corrected chi connectivity index (χ2v) is 12.7. The zero-order valence-electron chi connectivity index (χ0n) is 19.6. The fourth-order valence-electron chi connectivity index (χ4n) is 9.84. The molecule has 7 aliphatic rings. The number of ether oxygens (including phenoxy) is 2. The average Bonchev–Trinajstić information content (AvgIpc) is 3.40. The van der Waals surface area contributed by atoms with Crippen molar-refractivity contribution in [3.63, 3.8) is 0 Å². The lowest BCUT2D eigenvalue weighted by Crippen LogP contribution is -2.83. The van der Waals surface area contributed by atoms with E-state index >= 15 is 0 Å². The first-order valence-corrected chi connectivity index (χ1v) is 12.0. The highest BCUT2D eigenvalue weighted by Crippen LogP contribution is 2.79. The Hall–Kier alpha value is -0.790. The molecule has 3 heterocycles. The third-order valence-electron chi connectivity index (χ3n) is 10.1. The highest BCUT2D eigenvalue weighted by Gasteiger charge is 2.89. The Balaban J connectivity index is 1.66. The van der Waals surface area contributed by atoms with Crippen molar-refractivity contribution < 1.29 is 24.5 Å². The van der Waals surface area contributed by atoms with Gasteiger partial charge in [-0.2, -0.15) is 0 Å². The Morgan fingerprint density at radius 1 is 1.29 bits per heavy atom. The molecule has 3 aliphatic heterocycles. The Morgan fingerprint density at radius 2 is 1.97 bits per heavy atom. The van der Waals surface area contributed by atoms with Gasteiger partial charge in [0, 0.05) is 17.9 Å². The predicted molar refractivity (Wildman–Crippen MR) is 114 cm³/mol. The van der Waals surface area contributed by atoms with Crippen LogP contribution >= 0.6 is 0 Å². The Morgan fingerprint density at radius 3 is 2.58 bits per heavy atom. The molecule has 3 unspecified atom stereocenters. The SMILES string of the molecule is CC1=C[C@]23CO[C@](OC(C)(C)O)([C@@H](O)C2C(C)(C)C1)[C@]12C(=O)C4(CN4)[C@H](CCC31)[C@H]2C. The highest BCUT2D eigenvalue weighted by molar-refractivity contribution is 6.01. The van der Waals surface area contributed by atoms with Crippen LogP contribution in [0.15, 0.2) is 11.6 Å². The van der Waals surface area contributed by atoms with Crippen LogP contribution in [0.25, 0.3) is 0 Å². The molecule has 7 rings (SSSR count).